The summed E-state index contributed by atoms with van der Waals surface area (Å²) in [6, 6.07) is 6.20. The van der Waals surface area contributed by atoms with Gasteiger partial charge in [-0.05, 0) is 36.8 Å². The van der Waals surface area contributed by atoms with Gasteiger partial charge >= 0.3 is 6.18 Å². The highest BCUT2D eigenvalue weighted by Crippen LogP contribution is 2.36. The predicted octanol–water partition coefficient (Wildman–Crippen LogP) is 4.35. The van der Waals surface area contributed by atoms with Gasteiger partial charge in [-0.1, -0.05) is 11.6 Å². The summed E-state index contributed by atoms with van der Waals surface area (Å²) in [6.45, 7) is 1.36. The van der Waals surface area contributed by atoms with Crippen molar-refractivity contribution in [1.29, 1.82) is 0 Å². The third kappa shape index (κ3) is 4.78. The van der Waals surface area contributed by atoms with E-state index in [-0.39, 0.29) is 39.4 Å². The maximum absolute atomic E-state index is 14.0. The fourth-order valence-electron chi connectivity index (χ4n) is 3.43. The number of alkyl halides is 3. The van der Waals surface area contributed by atoms with Gasteiger partial charge in [-0.2, -0.15) is 18.3 Å². The highest BCUT2D eigenvalue weighted by atomic mass is 35.5. The first-order chi connectivity index (χ1) is 16.5. The summed E-state index contributed by atoms with van der Waals surface area (Å²) in [5.74, 6) is -2.92. The van der Waals surface area contributed by atoms with E-state index in [9.17, 15) is 27.2 Å². The van der Waals surface area contributed by atoms with E-state index >= 15 is 0 Å². The second-order valence-electron chi connectivity index (χ2n) is 7.48. The Bertz CT molecular complexity index is 1470. The molecule has 3 N–H and O–H groups in total. The Morgan fingerprint density at radius 2 is 1.86 bits per heavy atom. The molecule has 0 atom stereocenters. The molecule has 0 aliphatic rings. The minimum Gasteiger partial charge on any atom is -0.364 e. The molecule has 0 spiro atoms. The third-order valence-corrected chi connectivity index (χ3v) is 5.43. The van der Waals surface area contributed by atoms with Crippen LogP contribution in [0.15, 0.2) is 42.7 Å². The molecule has 4 aromatic rings. The van der Waals surface area contributed by atoms with Gasteiger partial charge < -0.3 is 11.1 Å². The normalized spacial score (nSPS) is 11.6. The van der Waals surface area contributed by atoms with Crippen LogP contribution in [0.25, 0.3) is 10.9 Å². The first-order valence-corrected chi connectivity index (χ1v) is 10.3. The number of fused-ring (bicyclic) bond motifs is 1. The van der Waals surface area contributed by atoms with Crippen LogP contribution in [0, 0.1) is 12.7 Å². The molecular weight excluding hydrogens is 492 g/mol. The third-order valence-electron chi connectivity index (χ3n) is 5.14. The number of halogens is 5. The first kappa shape index (κ1) is 24.1. The standard InChI is InChI=1S/C22H15ClF4N6O2/c1-10-18(19(22(25,26)27)32-33(10)9-11-2-4-29-5-3-11)31-21(35)13-7-17(20(28)34)30-16-8-15(24)14(23)6-12(13)16/h2-8H,9H2,1H3,(H2,28,34)(H,31,35). The molecule has 0 saturated heterocycles. The molecule has 0 saturated carbocycles. The lowest BCUT2D eigenvalue weighted by atomic mass is 10.1. The number of hydrogen-bond donors (Lipinski definition) is 2. The molecule has 4 rings (SSSR count). The van der Waals surface area contributed by atoms with E-state index in [0.29, 0.717) is 5.56 Å². The number of benzene rings is 1. The number of carbonyl (C=O) groups excluding carboxylic acids is 2. The van der Waals surface area contributed by atoms with Crippen molar-refractivity contribution in [3.63, 3.8) is 0 Å². The van der Waals surface area contributed by atoms with Crippen LogP contribution in [0.5, 0.6) is 0 Å². The van der Waals surface area contributed by atoms with Crippen LogP contribution < -0.4 is 11.1 Å². The molecule has 0 aliphatic heterocycles. The molecule has 180 valence electrons. The van der Waals surface area contributed by atoms with Gasteiger partial charge in [0.05, 0.1) is 34.0 Å². The highest BCUT2D eigenvalue weighted by Gasteiger charge is 2.39. The van der Waals surface area contributed by atoms with Crippen molar-refractivity contribution < 1.29 is 27.2 Å². The Hall–Kier alpha value is -4.06. The maximum atomic E-state index is 14.0. The van der Waals surface area contributed by atoms with Crippen LogP contribution in [-0.4, -0.2) is 31.6 Å². The van der Waals surface area contributed by atoms with Crippen molar-refractivity contribution in [1.82, 2.24) is 19.7 Å². The molecule has 35 heavy (non-hydrogen) atoms. The minimum atomic E-state index is -4.89. The minimum absolute atomic E-state index is 0.00774. The Kier molecular flexibility index (Phi) is 6.15. The zero-order valence-corrected chi connectivity index (χ0v) is 18.6. The highest BCUT2D eigenvalue weighted by molar-refractivity contribution is 6.31. The number of primary amides is 1. The molecule has 0 unspecified atom stereocenters. The van der Waals surface area contributed by atoms with E-state index in [1.54, 1.807) is 12.1 Å². The Balaban J connectivity index is 1.81. The van der Waals surface area contributed by atoms with Crippen LogP contribution in [0.1, 0.15) is 37.8 Å². The Morgan fingerprint density at radius 1 is 1.17 bits per heavy atom. The van der Waals surface area contributed by atoms with E-state index < -0.39 is 35.2 Å². The van der Waals surface area contributed by atoms with E-state index in [2.05, 4.69) is 20.4 Å². The van der Waals surface area contributed by atoms with Crippen molar-refractivity contribution >= 4 is 40.0 Å². The lowest BCUT2D eigenvalue weighted by molar-refractivity contribution is -0.140. The van der Waals surface area contributed by atoms with Gasteiger partial charge in [-0.25, -0.2) is 9.37 Å². The van der Waals surface area contributed by atoms with Crippen molar-refractivity contribution in [2.24, 2.45) is 5.73 Å². The topological polar surface area (TPSA) is 116 Å². The molecule has 0 fully saturated rings. The molecule has 3 heterocycles. The molecule has 2 amide bonds. The lowest BCUT2D eigenvalue weighted by Gasteiger charge is -2.12. The number of anilines is 1. The zero-order chi connectivity index (χ0) is 25.5. The molecule has 0 radical (unpaired) electrons. The number of carbonyl (C=O) groups is 2. The van der Waals surface area contributed by atoms with Crippen LogP contribution in [-0.2, 0) is 12.7 Å². The van der Waals surface area contributed by atoms with Crippen molar-refractivity contribution in [3.05, 3.63) is 81.8 Å². The van der Waals surface area contributed by atoms with Crippen LogP contribution in [0.3, 0.4) is 0 Å². The Morgan fingerprint density at radius 3 is 2.49 bits per heavy atom. The Labute approximate surface area is 199 Å². The summed E-state index contributed by atoms with van der Waals surface area (Å²) in [5.41, 5.74) is 3.25. The average molecular weight is 507 g/mol. The summed E-state index contributed by atoms with van der Waals surface area (Å²) in [6.07, 6.45) is -1.91. The fourth-order valence-corrected chi connectivity index (χ4v) is 3.59. The van der Waals surface area contributed by atoms with Crippen molar-refractivity contribution in [2.45, 2.75) is 19.6 Å². The summed E-state index contributed by atoms with van der Waals surface area (Å²) < 4.78 is 56.4. The smallest absolute Gasteiger partial charge is 0.364 e. The predicted molar refractivity (Wildman–Crippen MR) is 118 cm³/mol. The molecule has 0 bridgehead atoms. The van der Waals surface area contributed by atoms with Crippen LogP contribution >= 0.6 is 11.6 Å². The van der Waals surface area contributed by atoms with Crippen LogP contribution in [0.2, 0.25) is 5.02 Å². The van der Waals surface area contributed by atoms with Gasteiger partial charge in [0.25, 0.3) is 11.8 Å². The molecule has 13 heteroatoms. The first-order valence-electron chi connectivity index (χ1n) is 9.90. The fraction of sp³-hybridized carbons (Fsp3) is 0.136. The zero-order valence-electron chi connectivity index (χ0n) is 17.8. The quantitative estimate of drug-likeness (QED) is 0.390. The van der Waals surface area contributed by atoms with E-state index in [1.165, 1.54) is 19.3 Å². The van der Waals surface area contributed by atoms with E-state index in [4.69, 9.17) is 17.3 Å². The largest absolute Gasteiger partial charge is 0.437 e. The number of nitrogens with two attached hydrogens (primary N) is 1. The number of nitrogens with one attached hydrogen (secondary N) is 1. The van der Waals surface area contributed by atoms with Gasteiger partial charge in [0.1, 0.15) is 11.5 Å². The second-order valence-corrected chi connectivity index (χ2v) is 7.88. The molecule has 1 aromatic carbocycles. The molecule has 0 aliphatic carbocycles. The van der Waals surface area contributed by atoms with Gasteiger partial charge in [-0.3, -0.25) is 19.3 Å². The number of hydrogen-bond acceptors (Lipinski definition) is 5. The summed E-state index contributed by atoms with van der Waals surface area (Å²) in [7, 11) is 0. The van der Waals surface area contributed by atoms with Gasteiger partial charge in [0, 0.05) is 23.8 Å². The molecular formula is C22H15ClF4N6O2. The lowest BCUT2D eigenvalue weighted by Crippen LogP contribution is -2.19. The monoisotopic (exact) mass is 506 g/mol. The van der Waals surface area contributed by atoms with E-state index in [1.807, 2.05) is 0 Å². The second kappa shape index (κ2) is 8.95. The summed E-state index contributed by atoms with van der Waals surface area (Å²) >= 11 is 5.82. The summed E-state index contributed by atoms with van der Waals surface area (Å²) in [4.78, 5) is 32.6. The van der Waals surface area contributed by atoms with Gasteiger partial charge in [0.15, 0.2) is 5.69 Å². The van der Waals surface area contributed by atoms with Crippen molar-refractivity contribution in [3.8, 4) is 0 Å². The maximum Gasteiger partial charge on any atom is 0.437 e. The van der Waals surface area contributed by atoms with Crippen molar-refractivity contribution in [2.75, 3.05) is 5.32 Å². The SMILES string of the molecule is Cc1c(NC(=O)c2cc(C(N)=O)nc3cc(F)c(Cl)cc23)c(C(F)(F)F)nn1Cc1ccncc1. The number of amides is 2. The van der Waals surface area contributed by atoms with Crippen LogP contribution in [0.4, 0.5) is 23.2 Å². The number of nitrogens with zero attached hydrogens (tertiary/aromatic N) is 4. The van der Waals surface area contributed by atoms with E-state index in [0.717, 1.165) is 22.9 Å². The average Bonchev–Trinajstić information content (AvgIpc) is 3.10. The molecule has 8 nitrogen and oxygen atoms in total. The summed E-state index contributed by atoms with van der Waals surface area (Å²) in [5, 5.41) is 5.54. The van der Waals surface area contributed by atoms with Gasteiger partial charge in [0.2, 0.25) is 0 Å². The number of rotatable bonds is 5. The van der Waals surface area contributed by atoms with Gasteiger partial charge in [-0.15, -0.1) is 0 Å². The molecule has 3 aromatic heterocycles. The number of aromatic nitrogens is 4. The number of pyridine rings is 2.